The van der Waals surface area contributed by atoms with E-state index >= 15 is 0 Å². The highest BCUT2D eigenvalue weighted by Crippen LogP contribution is 2.31. The third-order valence-electron chi connectivity index (χ3n) is 5.52. The van der Waals surface area contributed by atoms with Crippen LogP contribution in [0.3, 0.4) is 0 Å². The molecule has 0 saturated heterocycles. The molecule has 6 heteroatoms. The molecule has 0 bridgehead atoms. The number of ether oxygens (including phenoxy) is 1. The van der Waals surface area contributed by atoms with E-state index in [0.717, 1.165) is 16.9 Å². The maximum absolute atomic E-state index is 13.3. The molecule has 5 rings (SSSR count). The van der Waals surface area contributed by atoms with Gasteiger partial charge in [0.2, 0.25) is 0 Å². The lowest BCUT2D eigenvalue weighted by molar-refractivity contribution is 0.0919. The Morgan fingerprint density at radius 2 is 1.68 bits per heavy atom. The largest absolute Gasteiger partial charge is 0.493 e. The van der Waals surface area contributed by atoms with Crippen molar-refractivity contribution in [3.63, 3.8) is 0 Å². The number of amides is 1. The van der Waals surface area contributed by atoms with Gasteiger partial charge in [0, 0.05) is 17.4 Å². The predicted molar refractivity (Wildman–Crippen MR) is 118 cm³/mol. The first-order chi connectivity index (χ1) is 15.2. The quantitative estimate of drug-likeness (QED) is 0.556. The second-order valence-electron chi connectivity index (χ2n) is 7.54. The Balaban J connectivity index is 1.54. The van der Waals surface area contributed by atoms with E-state index in [0.29, 0.717) is 30.3 Å². The smallest absolute Gasteiger partial charge is 0.274 e. The summed E-state index contributed by atoms with van der Waals surface area (Å²) in [6.45, 7) is 0.828. The molecule has 0 aliphatic carbocycles. The highest BCUT2D eigenvalue weighted by atomic mass is 16.5. The molecular formula is C25H21N3O3. The van der Waals surface area contributed by atoms with Crippen LogP contribution in [0.4, 0.5) is 0 Å². The fourth-order valence-corrected chi connectivity index (χ4v) is 3.98. The van der Waals surface area contributed by atoms with Gasteiger partial charge in [0.25, 0.3) is 11.5 Å². The van der Waals surface area contributed by atoms with Crippen LogP contribution in [-0.2, 0) is 6.54 Å². The number of carbonyl (C=O) groups is 1. The van der Waals surface area contributed by atoms with Crippen LogP contribution in [0.25, 0.3) is 10.8 Å². The molecule has 1 N–H and O–H groups in total. The number of hydrogen-bond donors (Lipinski definition) is 1. The molecule has 0 spiro atoms. The molecule has 154 valence electrons. The Bertz CT molecular complexity index is 1310. The molecule has 1 aliphatic rings. The van der Waals surface area contributed by atoms with Gasteiger partial charge in [-0.2, -0.15) is 5.10 Å². The van der Waals surface area contributed by atoms with Gasteiger partial charge < -0.3 is 10.1 Å². The van der Waals surface area contributed by atoms with Gasteiger partial charge in [-0.1, -0.05) is 66.7 Å². The van der Waals surface area contributed by atoms with Crippen LogP contribution >= 0.6 is 0 Å². The van der Waals surface area contributed by atoms with E-state index in [1.165, 1.54) is 4.68 Å². The van der Waals surface area contributed by atoms with Crippen molar-refractivity contribution >= 4 is 16.7 Å². The number of rotatable bonds is 4. The lowest BCUT2D eigenvalue weighted by atomic mass is 10.00. The van der Waals surface area contributed by atoms with Gasteiger partial charge >= 0.3 is 0 Å². The molecule has 0 saturated carbocycles. The summed E-state index contributed by atoms with van der Waals surface area (Å²) in [5, 5.41) is 8.60. The Morgan fingerprint density at radius 3 is 2.52 bits per heavy atom. The van der Waals surface area contributed by atoms with Crippen molar-refractivity contribution in [2.24, 2.45) is 0 Å². The third kappa shape index (κ3) is 3.68. The minimum atomic E-state index is -0.306. The number of nitrogens with one attached hydrogen (secondary N) is 1. The molecule has 2 heterocycles. The Labute approximate surface area is 179 Å². The average Bonchev–Trinajstić information content (AvgIpc) is 2.82. The van der Waals surface area contributed by atoms with Crippen LogP contribution in [0.2, 0.25) is 0 Å². The highest BCUT2D eigenvalue weighted by Gasteiger charge is 2.25. The number of carbonyl (C=O) groups excluding carboxylic acids is 1. The molecule has 0 fully saturated rings. The molecule has 1 atom stereocenters. The first kappa shape index (κ1) is 19.1. The van der Waals surface area contributed by atoms with Gasteiger partial charge in [0.05, 0.1) is 24.6 Å². The van der Waals surface area contributed by atoms with Gasteiger partial charge in [-0.3, -0.25) is 9.59 Å². The summed E-state index contributed by atoms with van der Waals surface area (Å²) in [6, 6.07) is 24.3. The SMILES string of the molecule is O=C(NC1CCOc2ccccc21)c1nn(Cc2ccccc2)c(=O)c2ccccc12. The second-order valence-corrected chi connectivity index (χ2v) is 7.54. The van der Waals surface area contributed by atoms with Gasteiger partial charge in [0.1, 0.15) is 5.75 Å². The topological polar surface area (TPSA) is 73.2 Å². The van der Waals surface area contributed by atoms with Crippen LogP contribution in [0, 0.1) is 0 Å². The Kier molecular flexibility index (Phi) is 4.96. The third-order valence-corrected chi connectivity index (χ3v) is 5.52. The van der Waals surface area contributed by atoms with Crippen LogP contribution in [0.5, 0.6) is 5.75 Å². The lowest BCUT2D eigenvalue weighted by Crippen LogP contribution is -2.35. The van der Waals surface area contributed by atoms with E-state index < -0.39 is 0 Å². The fraction of sp³-hybridized carbons (Fsp3) is 0.160. The van der Waals surface area contributed by atoms with Crippen molar-refractivity contribution < 1.29 is 9.53 Å². The number of nitrogens with zero attached hydrogens (tertiary/aromatic N) is 2. The summed E-state index contributed by atoms with van der Waals surface area (Å²) in [5.41, 5.74) is 1.92. The van der Waals surface area contributed by atoms with Crippen molar-refractivity contribution in [3.8, 4) is 5.75 Å². The zero-order chi connectivity index (χ0) is 21.2. The zero-order valence-corrected chi connectivity index (χ0v) is 16.8. The summed E-state index contributed by atoms with van der Waals surface area (Å²) in [5.74, 6) is 0.477. The minimum absolute atomic E-state index is 0.174. The monoisotopic (exact) mass is 411 g/mol. The van der Waals surface area contributed by atoms with Gasteiger partial charge in [0.15, 0.2) is 5.69 Å². The maximum Gasteiger partial charge on any atom is 0.274 e. The maximum atomic E-state index is 13.3. The number of benzene rings is 3. The van der Waals surface area contributed by atoms with Gasteiger partial charge in [-0.05, 0) is 17.7 Å². The molecule has 1 aliphatic heterocycles. The molecule has 1 aromatic heterocycles. The normalized spacial score (nSPS) is 15.2. The number of fused-ring (bicyclic) bond motifs is 2. The molecule has 4 aromatic rings. The predicted octanol–water partition coefficient (Wildman–Crippen LogP) is 3.70. The van der Waals surface area contributed by atoms with Crippen LogP contribution in [0.15, 0.2) is 83.7 Å². The van der Waals surface area contributed by atoms with Gasteiger partial charge in [-0.25, -0.2) is 4.68 Å². The van der Waals surface area contributed by atoms with E-state index in [-0.39, 0.29) is 23.2 Å². The summed E-state index contributed by atoms with van der Waals surface area (Å²) >= 11 is 0. The highest BCUT2D eigenvalue weighted by molar-refractivity contribution is 6.04. The zero-order valence-electron chi connectivity index (χ0n) is 16.8. The van der Waals surface area contributed by atoms with Crippen LogP contribution < -0.4 is 15.6 Å². The van der Waals surface area contributed by atoms with Gasteiger partial charge in [-0.15, -0.1) is 0 Å². The molecule has 0 radical (unpaired) electrons. The molecule has 31 heavy (non-hydrogen) atoms. The minimum Gasteiger partial charge on any atom is -0.493 e. The number of aromatic nitrogens is 2. The second kappa shape index (κ2) is 8.07. The first-order valence-corrected chi connectivity index (χ1v) is 10.3. The first-order valence-electron chi connectivity index (χ1n) is 10.3. The van der Waals surface area contributed by atoms with E-state index in [1.54, 1.807) is 18.2 Å². The Hall–Kier alpha value is -3.93. The van der Waals surface area contributed by atoms with Crippen molar-refractivity contribution in [1.82, 2.24) is 15.1 Å². The van der Waals surface area contributed by atoms with E-state index in [2.05, 4.69) is 10.4 Å². The van der Waals surface area contributed by atoms with Crippen LogP contribution in [0.1, 0.15) is 34.1 Å². The Morgan fingerprint density at radius 1 is 0.968 bits per heavy atom. The summed E-state index contributed by atoms with van der Waals surface area (Å²) < 4.78 is 7.07. The standard InChI is InChI=1S/C25H21N3O3/c29-24(26-21-14-15-31-22-13-7-6-12-20(21)22)23-18-10-4-5-11-19(18)25(30)28(27-23)16-17-8-2-1-3-9-17/h1-13,21H,14-16H2,(H,26,29). The molecule has 3 aromatic carbocycles. The number of para-hydroxylation sites is 1. The van der Waals surface area contributed by atoms with Crippen molar-refractivity contribution in [1.29, 1.82) is 0 Å². The number of hydrogen-bond acceptors (Lipinski definition) is 4. The summed E-state index contributed by atoms with van der Waals surface area (Å²) in [4.78, 5) is 26.3. The molecular weight excluding hydrogens is 390 g/mol. The van der Waals surface area contributed by atoms with Crippen LogP contribution in [-0.4, -0.2) is 22.3 Å². The summed E-state index contributed by atoms with van der Waals surface area (Å²) in [7, 11) is 0. The van der Waals surface area contributed by atoms with Crippen molar-refractivity contribution in [3.05, 3.63) is 106 Å². The van der Waals surface area contributed by atoms with Crippen molar-refractivity contribution in [2.45, 2.75) is 19.0 Å². The molecule has 6 nitrogen and oxygen atoms in total. The molecule has 1 amide bonds. The van der Waals surface area contributed by atoms with E-state index in [9.17, 15) is 9.59 Å². The van der Waals surface area contributed by atoms with E-state index in [1.807, 2.05) is 60.7 Å². The van der Waals surface area contributed by atoms with Crippen molar-refractivity contribution in [2.75, 3.05) is 6.61 Å². The lowest BCUT2D eigenvalue weighted by Gasteiger charge is -2.26. The fourth-order valence-electron chi connectivity index (χ4n) is 3.98. The molecule has 1 unspecified atom stereocenters. The van der Waals surface area contributed by atoms with E-state index in [4.69, 9.17) is 4.74 Å². The summed E-state index contributed by atoms with van der Waals surface area (Å²) in [6.07, 6.45) is 0.671. The average molecular weight is 411 g/mol.